The highest BCUT2D eigenvalue weighted by atomic mass is 32.2. The zero-order valence-electron chi connectivity index (χ0n) is 13.0. The predicted molar refractivity (Wildman–Crippen MR) is 82.5 cm³/mol. The summed E-state index contributed by atoms with van der Waals surface area (Å²) in [7, 11) is -0.639. The highest BCUT2D eigenvalue weighted by Gasteiger charge is 2.19. The Hall–Kier alpha value is -1.31. The molecular weight excluding hydrogens is 292 g/mol. The smallest absolute Gasteiger partial charge is 0.244 e. The summed E-state index contributed by atoms with van der Waals surface area (Å²) in [6, 6.07) is 5.02. The van der Waals surface area contributed by atoms with Gasteiger partial charge in [0.2, 0.25) is 10.0 Å². The largest absolute Gasteiger partial charge is 0.497 e. The second-order valence-corrected chi connectivity index (χ2v) is 6.61. The minimum atomic E-state index is -3.59. The zero-order valence-corrected chi connectivity index (χ0v) is 13.8. The van der Waals surface area contributed by atoms with Gasteiger partial charge < -0.3 is 14.8 Å². The van der Waals surface area contributed by atoms with Crippen molar-refractivity contribution in [2.45, 2.75) is 31.2 Å². The Morgan fingerprint density at radius 2 is 1.86 bits per heavy atom. The molecule has 0 aliphatic carbocycles. The predicted octanol–water partition coefficient (Wildman–Crippen LogP) is 1.37. The van der Waals surface area contributed by atoms with Crippen molar-refractivity contribution in [1.82, 2.24) is 10.0 Å². The molecule has 0 aliphatic rings. The normalized spacial score (nSPS) is 11.7. The van der Waals surface area contributed by atoms with Gasteiger partial charge in [-0.15, -0.1) is 0 Å². The van der Waals surface area contributed by atoms with Crippen molar-refractivity contribution < 1.29 is 17.9 Å². The van der Waals surface area contributed by atoms with Crippen LogP contribution in [0.15, 0.2) is 23.1 Å². The van der Waals surface area contributed by atoms with E-state index in [1.807, 2.05) is 13.8 Å². The van der Waals surface area contributed by atoms with E-state index in [-0.39, 0.29) is 10.6 Å². The molecule has 1 rings (SSSR count). The van der Waals surface area contributed by atoms with Crippen LogP contribution in [0.1, 0.15) is 20.3 Å². The number of rotatable bonds is 9. The topological polar surface area (TPSA) is 76.7 Å². The summed E-state index contributed by atoms with van der Waals surface area (Å²) in [4.78, 5) is 0.114. The average molecular weight is 316 g/mol. The van der Waals surface area contributed by atoms with Crippen molar-refractivity contribution >= 4 is 10.0 Å². The number of methoxy groups -OCH3 is 2. The van der Waals surface area contributed by atoms with Crippen molar-refractivity contribution in [1.29, 1.82) is 0 Å². The summed E-state index contributed by atoms with van der Waals surface area (Å²) in [6.07, 6.45) is 0.718. The lowest BCUT2D eigenvalue weighted by Gasteiger charge is -2.12. The number of benzene rings is 1. The number of hydrogen-bond donors (Lipinski definition) is 2. The van der Waals surface area contributed by atoms with Gasteiger partial charge in [-0.1, -0.05) is 13.8 Å². The first-order valence-electron chi connectivity index (χ1n) is 6.85. The molecule has 0 saturated carbocycles. The van der Waals surface area contributed by atoms with Crippen molar-refractivity contribution in [2.75, 3.05) is 27.3 Å². The molecule has 1 aromatic rings. The second-order valence-electron chi connectivity index (χ2n) is 4.88. The molecule has 0 unspecified atom stereocenters. The molecule has 6 nitrogen and oxygen atoms in total. The molecule has 0 heterocycles. The molecular formula is C14H24N2O4S. The molecule has 120 valence electrons. The van der Waals surface area contributed by atoms with E-state index >= 15 is 0 Å². The van der Waals surface area contributed by atoms with Gasteiger partial charge in [0.15, 0.2) is 0 Å². The molecule has 0 bridgehead atoms. The van der Waals surface area contributed by atoms with Crippen LogP contribution in [0.4, 0.5) is 0 Å². The van der Waals surface area contributed by atoms with Crippen LogP contribution in [0.2, 0.25) is 0 Å². The summed E-state index contributed by atoms with van der Waals surface area (Å²) in [6.45, 7) is 5.23. The van der Waals surface area contributed by atoms with E-state index in [1.54, 1.807) is 12.1 Å². The molecule has 7 heteroatoms. The summed E-state index contributed by atoms with van der Waals surface area (Å²) >= 11 is 0. The fraction of sp³-hybridized carbons (Fsp3) is 0.571. The molecule has 1 aromatic carbocycles. The average Bonchev–Trinajstić information content (AvgIpc) is 2.45. The van der Waals surface area contributed by atoms with E-state index in [2.05, 4.69) is 10.0 Å². The summed E-state index contributed by atoms with van der Waals surface area (Å²) in [5.41, 5.74) is 0. The van der Waals surface area contributed by atoms with Crippen LogP contribution in [0, 0.1) is 0 Å². The van der Waals surface area contributed by atoms with Gasteiger partial charge in [-0.3, -0.25) is 0 Å². The van der Waals surface area contributed by atoms with Crippen LogP contribution in [0.3, 0.4) is 0 Å². The lowest BCUT2D eigenvalue weighted by Crippen LogP contribution is -2.30. The van der Waals surface area contributed by atoms with Gasteiger partial charge in [-0.05, 0) is 25.1 Å². The number of ether oxygens (including phenoxy) is 2. The summed E-state index contributed by atoms with van der Waals surface area (Å²) < 4.78 is 37.3. The Morgan fingerprint density at radius 3 is 2.43 bits per heavy atom. The maximum Gasteiger partial charge on any atom is 0.244 e. The lowest BCUT2D eigenvalue weighted by atomic mass is 10.3. The standard InChI is InChI=1S/C14H24N2O4S/c1-11(2)15-8-5-9-16-21(17,18)14-7-6-12(19-3)10-13(14)20-4/h6-7,10-11,15-16H,5,8-9H2,1-4H3. The van der Waals surface area contributed by atoms with Crippen molar-refractivity contribution in [3.05, 3.63) is 18.2 Å². The Balaban J connectivity index is 2.70. The third kappa shape index (κ3) is 5.53. The Morgan fingerprint density at radius 1 is 1.14 bits per heavy atom. The molecule has 0 atom stereocenters. The molecule has 0 radical (unpaired) electrons. The first kappa shape index (κ1) is 17.7. The molecule has 0 aromatic heterocycles. The van der Waals surface area contributed by atoms with E-state index in [0.29, 0.717) is 18.3 Å². The minimum absolute atomic E-state index is 0.114. The maximum atomic E-state index is 12.3. The summed E-state index contributed by atoms with van der Waals surface area (Å²) in [5.74, 6) is 0.814. The molecule has 0 saturated heterocycles. The molecule has 21 heavy (non-hydrogen) atoms. The fourth-order valence-corrected chi connectivity index (χ4v) is 2.98. The lowest BCUT2D eigenvalue weighted by molar-refractivity contribution is 0.386. The van der Waals surface area contributed by atoms with E-state index in [0.717, 1.165) is 13.0 Å². The van der Waals surface area contributed by atoms with Crippen LogP contribution in [-0.4, -0.2) is 41.8 Å². The van der Waals surface area contributed by atoms with Crippen LogP contribution in [0.25, 0.3) is 0 Å². The first-order valence-corrected chi connectivity index (χ1v) is 8.34. The number of hydrogen-bond acceptors (Lipinski definition) is 5. The SMILES string of the molecule is COc1ccc(S(=O)(=O)NCCCNC(C)C)c(OC)c1. The third-order valence-corrected chi connectivity index (χ3v) is 4.36. The molecule has 0 fully saturated rings. The van der Waals surface area contributed by atoms with Gasteiger partial charge in [-0.2, -0.15) is 0 Å². The quantitative estimate of drug-likeness (QED) is 0.673. The minimum Gasteiger partial charge on any atom is -0.497 e. The highest BCUT2D eigenvalue weighted by molar-refractivity contribution is 7.89. The van der Waals surface area contributed by atoms with Gasteiger partial charge in [0.25, 0.3) is 0 Å². The monoisotopic (exact) mass is 316 g/mol. The first-order chi connectivity index (χ1) is 9.90. The molecule has 0 spiro atoms. The van der Waals surface area contributed by atoms with Crippen molar-refractivity contribution in [3.63, 3.8) is 0 Å². The van der Waals surface area contributed by atoms with E-state index in [4.69, 9.17) is 9.47 Å². The summed E-state index contributed by atoms with van der Waals surface area (Å²) in [5, 5.41) is 3.23. The van der Waals surface area contributed by atoms with Crippen LogP contribution < -0.4 is 19.5 Å². The van der Waals surface area contributed by atoms with E-state index in [1.165, 1.54) is 20.3 Å². The number of sulfonamides is 1. The molecule has 0 aliphatic heterocycles. The van der Waals surface area contributed by atoms with E-state index in [9.17, 15) is 8.42 Å². The highest BCUT2D eigenvalue weighted by Crippen LogP contribution is 2.28. The third-order valence-electron chi connectivity index (χ3n) is 2.86. The van der Waals surface area contributed by atoms with Gasteiger partial charge in [-0.25, -0.2) is 13.1 Å². The van der Waals surface area contributed by atoms with Crippen LogP contribution >= 0.6 is 0 Å². The van der Waals surface area contributed by atoms with Gasteiger partial charge in [0.05, 0.1) is 14.2 Å². The van der Waals surface area contributed by atoms with Crippen molar-refractivity contribution in [2.24, 2.45) is 0 Å². The Kier molecular flexibility index (Phi) is 6.94. The zero-order chi connectivity index (χ0) is 15.9. The molecule has 0 amide bonds. The Bertz CT molecular complexity index is 544. The van der Waals surface area contributed by atoms with E-state index < -0.39 is 10.0 Å². The fourth-order valence-electron chi connectivity index (χ4n) is 1.76. The van der Waals surface area contributed by atoms with Crippen LogP contribution in [-0.2, 0) is 10.0 Å². The van der Waals surface area contributed by atoms with Gasteiger partial charge >= 0.3 is 0 Å². The maximum absolute atomic E-state index is 12.3. The van der Waals surface area contributed by atoms with Gasteiger partial charge in [0, 0.05) is 18.7 Å². The molecule has 2 N–H and O–H groups in total. The number of nitrogens with one attached hydrogen (secondary N) is 2. The second kappa shape index (κ2) is 8.21. The van der Waals surface area contributed by atoms with Gasteiger partial charge in [0.1, 0.15) is 16.4 Å². The van der Waals surface area contributed by atoms with Crippen molar-refractivity contribution in [3.8, 4) is 11.5 Å². The Labute approximate surface area is 126 Å². The van der Waals surface area contributed by atoms with Crippen LogP contribution in [0.5, 0.6) is 11.5 Å².